The standard InChI is InChI=1S/C28H30N4OS/c1-4-25(22-11-6-5-7-12-22)27(33)29-18-26-30-31-28(32(26)24-16-14-20(2)15-17-24)34-19-23-13-9-8-10-21(23)3/h5-17,25H,4,18-19H2,1-3H3,(H,29,33). The monoisotopic (exact) mass is 470 g/mol. The second-order valence-electron chi connectivity index (χ2n) is 8.37. The SMILES string of the molecule is CCC(C(=O)NCc1nnc(SCc2ccccc2C)n1-c1ccc(C)cc1)c1ccccc1. The fourth-order valence-corrected chi connectivity index (χ4v) is 4.97. The van der Waals surface area contributed by atoms with Crippen molar-refractivity contribution >= 4 is 17.7 Å². The van der Waals surface area contributed by atoms with Gasteiger partial charge in [-0.1, -0.05) is 91.0 Å². The van der Waals surface area contributed by atoms with Crippen LogP contribution in [0.5, 0.6) is 0 Å². The second-order valence-corrected chi connectivity index (χ2v) is 9.32. The van der Waals surface area contributed by atoms with Gasteiger partial charge >= 0.3 is 0 Å². The highest BCUT2D eigenvalue weighted by molar-refractivity contribution is 7.98. The molecule has 4 aromatic rings. The highest BCUT2D eigenvalue weighted by Gasteiger charge is 2.20. The van der Waals surface area contributed by atoms with Crippen molar-refractivity contribution in [2.75, 3.05) is 0 Å². The third kappa shape index (κ3) is 5.57. The van der Waals surface area contributed by atoms with Gasteiger partial charge in [-0.2, -0.15) is 0 Å². The molecule has 34 heavy (non-hydrogen) atoms. The largest absolute Gasteiger partial charge is 0.348 e. The maximum Gasteiger partial charge on any atom is 0.227 e. The molecule has 0 radical (unpaired) electrons. The molecule has 4 rings (SSSR count). The summed E-state index contributed by atoms with van der Waals surface area (Å²) in [5, 5.41) is 12.8. The molecule has 0 aliphatic heterocycles. The minimum atomic E-state index is -0.188. The van der Waals surface area contributed by atoms with Crippen molar-refractivity contribution < 1.29 is 4.79 Å². The fourth-order valence-electron chi connectivity index (χ4n) is 3.92. The lowest BCUT2D eigenvalue weighted by atomic mass is 9.96. The van der Waals surface area contributed by atoms with Gasteiger partial charge in [-0.25, -0.2) is 0 Å². The van der Waals surface area contributed by atoms with Crippen LogP contribution in [0.3, 0.4) is 0 Å². The van der Waals surface area contributed by atoms with Crippen LogP contribution in [0.15, 0.2) is 84.0 Å². The number of carbonyl (C=O) groups excluding carboxylic acids is 1. The summed E-state index contributed by atoms with van der Waals surface area (Å²) in [7, 11) is 0. The van der Waals surface area contributed by atoms with Crippen LogP contribution in [0.25, 0.3) is 5.69 Å². The Bertz CT molecular complexity index is 1240. The van der Waals surface area contributed by atoms with E-state index in [1.807, 2.05) is 41.8 Å². The van der Waals surface area contributed by atoms with E-state index in [1.165, 1.54) is 16.7 Å². The first-order chi connectivity index (χ1) is 16.6. The minimum absolute atomic E-state index is 0.00118. The average Bonchev–Trinajstić information content (AvgIpc) is 3.26. The Labute approximate surface area is 205 Å². The van der Waals surface area contributed by atoms with E-state index in [9.17, 15) is 4.79 Å². The number of hydrogen-bond acceptors (Lipinski definition) is 4. The summed E-state index contributed by atoms with van der Waals surface area (Å²) in [4.78, 5) is 13.0. The summed E-state index contributed by atoms with van der Waals surface area (Å²) >= 11 is 1.65. The molecule has 1 heterocycles. The predicted octanol–water partition coefficient (Wildman–Crippen LogP) is 5.99. The Morgan fingerprint density at radius 2 is 1.65 bits per heavy atom. The number of hydrogen-bond donors (Lipinski definition) is 1. The zero-order valence-electron chi connectivity index (χ0n) is 19.9. The predicted molar refractivity (Wildman–Crippen MR) is 138 cm³/mol. The van der Waals surface area contributed by atoms with Gasteiger partial charge in [-0.3, -0.25) is 9.36 Å². The maximum absolute atomic E-state index is 13.0. The molecule has 1 N–H and O–H groups in total. The molecule has 0 fully saturated rings. The Morgan fingerprint density at radius 1 is 0.941 bits per heavy atom. The molecule has 0 aliphatic rings. The van der Waals surface area contributed by atoms with E-state index in [2.05, 4.69) is 77.9 Å². The van der Waals surface area contributed by atoms with Crippen LogP contribution < -0.4 is 5.32 Å². The minimum Gasteiger partial charge on any atom is -0.348 e. The summed E-state index contributed by atoms with van der Waals surface area (Å²) < 4.78 is 2.05. The summed E-state index contributed by atoms with van der Waals surface area (Å²) in [6, 6.07) is 26.6. The molecule has 3 aromatic carbocycles. The number of amides is 1. The topological polar surface area (TPSA) is 59.8 Å². The average molecular weight is 471 g/mol. The highest BCUT2D eigenvalue weighted by Crippen LogP contribution is 2.27. The van der Waals surface area contributed by atoms with Crippen LogP contribution in [0.4, 0.5) is 0 Å². The molecule has 5 nitrogen and oxygen atoms in total. The summed E-state index contributed by atoms with van der Waals surface area (Å²) in [5.41, 5.74) is 5.73. The van der Waals surface area contributed by atoms with Crippen LogP contribution in [0.1, 0.15) is 47.3 Å². The first kappa shape index (κ1) is 23.8. The van der Waals surface area contributed by atoms with Gasteiger partial charge in [0, 0.05) is 11.4 Å². The lowest BCUT2D eigenvalue weighted by Gasteiger charge is -2.16. The lowest BCUT2D eigenvalue weighted by Crippen LogP contribution is -2.29. The molecule has 1 aromatic heterocycles. The van der Waals surface area contributed by atoms with Gasteiger partial charge in [-0.15, -0.1) is 10.2 Å². The smallest absolute Gasteiger partial charge is 0.227 e. The highest BCUT2D eigenvalue weighted by atomic mass is 32.2. The Hall–Kier alpha value is -3.38. The van der Waals surface area contributed by atoms with E-state index in [-0.39, 0.29) is 11.8 Å². The van der Waals surface area contributed by atoms with Gasteiger partial charge in [0.2, 0.25) is 5.91 Å². The van der Waals surface area contributed by atoms with E-state index in [0.717, 1.165) is 28.6 Å². The van der Waals surface area contributed by atoms with Gasteiger partial charge < -0.3 is 5.32 Å². The van der Waals surface area contributed by atoms with Crippen molar-refractivity contribution in [3.05, 3.63) is 107 Å². The van der Waals surface area contributed by atoms with Crippen molar-refractivity contribution in [1.29, 1.82) is 0 Å². The molecule has 6 heteroatoms. The van der Waals surface area contributed by atoms with Crippen molar-refractivity contribution in [3.8, 4) is 5.69 Å². The molecular formula is C28H30N4OS. The number of rotatable bonds is 9. The molecule has 1 amide bonds. The van der Waals surface area contributed by atoms with Crippen molar-refractivity contribution in [1.82, 2.24) is 20.1 Å². The number of aromatic nitrogens is 3. The summed E-state index contributed by atoms with van der Waals surface area (Å²) in [5.74, 6) is 1.33. The molecule has 0 saturated heterocycles. The molecular weight excluding hydrogens is 440 g/mol. The molecule has 0 saturated carbocycles. The molecule has 0 bridgehead atoms. The van der Waals surface area contributed by atoms with Gasteiger partial charge in [0.25, 0.3) is 0 Å². The van der Waals surface area contributed by atoms with Crippen molar-refractivity contribution in [3.63, 3.8) is 0 Å². The van der Waals surface area contributed by atoms with E-state index in [0.29, 0.717) is 12.4 Å². The number of thioether (sulfide) groups is 1. The quantitative estimate of drug-likeness (QED) is 0.305. The lowest BCUT2D eigenvalue weighted by molar-refractivity contribution is -0.122. The van der Waals surface area contributed by atoms with Gasteiger partial charge in [0.1, 0.15) is 0 Å². The van der Waals surface area contributed by atoms with Crippen LogP contribution >= 0.6 is 11.8 Å². The van der Waals surface area contributed by atoms with Gasteiger partial charge in [0.15, 0.2) is 11.0 Å². The third-order valence-corrected chi connectivity index (χ3v) is 6.94. The second kappa shape index (κ2) is 11.2. The molecule has 1 unspecified atom stereocenters. The fraction of sp³-hybridized carbons (Fsp3) is 0.250. The zero-order valence-corrected chi connectivity index (χ0v) is 20.7. The van der Waals surface area contributed by atoms with E-state index in [4.69, 9.17) is 0 Å². The van der Waals surface area contributed by atoms with Gasteiger partial charge in [-0.05, 0) is 49.1 Å². The normalized spacial score (nSPS) is 11.9. The first-order valence-electron chi connectivity index (χ1n) is 11.6. The Morgan fingerprint density at radius 3 is 2.35 bits per heavy atom. The molecule has 174 valence electrons. The number of nitrogens with zero attached hydrogens (tertiary/aromatic N) is 3. The summed E-state index contributed by atoms with van der Waals surface area (Å²) in [6.45, 7) is 6.54. The van der Waals surface area contributed by atoms with Crippen LogP contribution in [0.2, 0.25) is 0 Å². The van der Waals surface area contributed by atoms with E-state index < -0.39 is 0 Å². The van der Waals surface area contributed by atoms with Crippen LogP contribution in [0, 0.1) is 13.8 Å². The number of carbonyl (C=O) groups is 1. The van der Waals surface area contributed by atoms with Crippen molar-refractivity contribution in [2.45, 2.75) is 50.6 Å². The third-order valence-electron chi connectivity index (χ3n) is 5.96. The maximum atomic E-state index is 13.0. The Kier molecular flexibility index (Phi) is 7.80. The van der Waals surface area contributed by atoms with Gasteiger partial charge in [0.05, 0.1) is 12.5 Å². The van der Waals surface area contributed by atoms with E-state index in [1.54, 1.807) is 11.8 Å². The van der Waals surface area contributed by atoms with E-state index >= 15 is 0 Å². The zero-order chi connectivity index (χ0) is 23.9. The number of nitrogens with one attached hydrogen (secondary N) is 1. The Balaban J connectivity index is 1.56. The summed E-state index contributed by atoms with van der Waals surface area (Å²) in [6.07, 6.45) is 0.734. The number of benzene rings is 3. The number of aryl methyl sites for hydroxylation is 2. The molecule has 0 aliphatic carbocycles. The van der Waals surface area contributed by atoms with Crippen molar-refractivity contribution in [2.24, 2.45) is 0 Å². The van der Waals surface area contributed by atoms with Crippen LogP contribution in [-0.4, -0.2) is 20.7 Å². The molecule has 0 spiro atoms. The first-order valence-corrected chi connectivity index (χ1v) is 12.6. The van der Waals surface area contributed by atoms with Crippen LogP contribution in [-0.2, 0) is 17.1 Å². The molecule has 1 atom stereocenters.